The number of benzene rings is 2. The lowest BCUT2D eigenvalue weighted by Crippen LogP contribution is -2.28. The second-order valence-electron chi connectivity index (χ2n) is 5.51. The number of para-hydroxylation sites is 2. The summed E-state index contributed by atoms with van der Waals surface area (Å²) < 4.78 is 2.16. The Morgan fingerprint density at radius 3 is 2.64 bits per heavy atom. The maximum absolute atomic E-state index is 2.28. The van der Waals surface area contributed by atoms with Crippen LogP contribution in [0.15, 0.2) is 70.7 Å². The summed E-state index contributed by atoms with van der Waals surface area (Å²) in [6.45, 7) is 0. The van der Waals surface area contributed by atoms with E-state index in [1.807, 2.05) is 11.8 Å². The zero-order valence-corrected chi connectivity index (χ0v) is 13.5. The average molecular weight is 305 g/mol. The van der Waals surface area contributed by atoms with Crippen molar-refractivity contribution in [2.45, 2.75) is 4.90 Å². The van der Waals surface area contributed by atoms with Crippen molar-refractivity contribution in [1.82, 2.24) is 0 Å². The summed E-state index contributed by atoms with van der Waals surface area (Å²) in [5.74, 6) is 0. The van der Waals surface area contributed by atoms with E-state index in [9.17, 15) is 0 Å². The minimum Gasteiger partial charge on any atom is -0.338 e. The van der Waals surface area contributed by atoms with E-state index < -0.39 is 0 Å². The molecule has 1 aromatic heterocycles. The molecule has 2 heterocycles. The van der Waals surface area contributed by atoms with Crippen LogP contribution in [0.4, 0.5) is 5.69 Å². The van der Waals surface area contributed by atoms with Gasteiger partial charge in [-0.05, 0) is 29.8 Å². The number of anilines is 1. The maximum Gasteiger partial charge on any atom is 0.212 e. The van der Waals surface area contributed by atoms with Gasteiger partial charge in [0.05, 0.1) is 16.1 Å². The predicted octanol–water partition coefficient (Wildman–Crippen LogP) is 4.20. The van der Waals surface area contributed by atoms with Crippen LogP contribution in [0.25, 0.3) is 17.0 Å². The Balaban J connectivity index is 1.84. The van der Waals surface area contributed by atoms with Gasteiger partial charge >= 0.3 is 0 Å². The van der Waals surface area contributed by atoms with Crippen LogP contribution in [0, 0.1) is 0 Å². The van der Waals surface area contributed by atoms with Gasteiger partial charge in [-0.2, -0.15) is 0 Å². The van der Waals surface area contributed by atoms with E-state index >= 15 is 0 Å². The van der Waals surface area contributed by atoms with Crippen LogP contribution in [-0.4, -0.2) is 7.05 Å². The average Bonchev–Trinajstić information content (AvgIpc) is 2.87. The lowest BCUT2D eigenvalue weighted by Gasteiger charge is -2.13. The van der Waals surface area contributed by atoms with E-state index in [1.165, 1.54) is 32.1 Å². The van der Waals surface area contributed by atoms with Gasteiger partial charge in [0.1, 0.15) is 7.05 Å². The van der Waals surface area contributed by atoms with Gasteiger partial charge < -0.3 is 4.90 Å². The number of hydrogen-bond acceptors (Lipinski definition) is 2. The van der Waals surface area contributed by atoms with E-state index in [4.69, 9.17) is 0 Å². The first kappa shape index (κ1) is 13.4. The van der Waals surface area contributed by atoms with Gasteiger partial charge in [-0.1, -0.05) is 36.0 Å². The van der Waals surface area contributed by atoms with Crippen molar-refractivity contribution in [3.8, 4) is 0 Å². The minimum absolute atomic E-state index is 1.25. The zero-order chi connectivity index (χ0) is 15.1. The number of thioether (sulfide) groups is 1. The topological polar surface area (TPSA) is 7.12 Å². The van der Waals surface area contributed by atoms with E-state index in [2.05, 4.69) is 90.4 Å². The molecule has 0 radical (unpaired) electrons. The number of fused-ring (bicyclic) bond motifs is 2. The first-order chi connectivity index (χ1) is 10.7. The van der Waals surface area contributed by atoms with Crippen molar-refractivity contribution < 1.29 is 4.57 Å². The molecule has 3 aromatic rings. The van der Waals surface area contributed by atoms with E-state index in [0.717, 1.165) is 0 Å². The molecule has 108 valence electrons. The Kier molecular flexibility index (Phi) is 3.16. The summed E-state index contributed by atoms with van der Waals surface area (Å²) in [7, 11) is 4.22. The quantitative estimate of drug-likeness (QED) is 0.622. The summed E-state index contributed by atoms with van der Waals surface area (Å²) in [6.07, 6.45) is 4.41. The van der Waals surface area contributed by atoms with Gasteiger partial charge in [-0.25, -0.2) is 4.57 Å². The van der Waals surface area contributed by atoms with Crippen LogP contribution in [0.1, 0.15) is 5.56 Å². The van der Waals surface area contributed by atoms with Crippen molar-refractivity contribution in [3.63, 3.8) is 0 Å². The molecule has 0 bridgehead atoms. The lowest BCUT2D eigenvalue weighted by atomic mass is 10.1. The minimum atomic E-state index is 1.25. The molecule has 0 atom stereocenters. The molecular weight excluding hydrogens is 288 g/mol. The molecule has 0 spiro atoms. The van der Waals surface area contributed by atoms with Gasteiger partial charge in [0.25, 0.3) is 0 Å². The molecule has 0 saturated heterocycles. The second-order valence-corrected chi connectivity index (χ2v) is 6.57. The molecule has 1 aliphatic heterocycles. The number of aryl methyl sites for hydroxylation is 1. The van der Waals surface area contributed by atoms with Crippen LogP contribution < -0.4 is 9.47 Å². The highest BCUT2D eigenvalue weighted by molar-refractivity contribution is 8.03. The highest BCUT2D eigenvalue weighted by Gasteiger charge is 2.21. The van der Waals surface area contributed by atoms with E-state index in [1.54, 1.807) is 0 Å². The van der Waals surface area contributed by atoms with Gasteiger partial charge in [0.15, 0.2) is 6.20 Å². The van der Waals surface area contributed by atoms with Gasteiger partial charge in [0.2, 0.25) is 5.52 Å². The second kappa shape index (κ2) is 5.18. The monoisotopic (exact) mass is 305 g/mol. The third-order valence-corrected chi connectivity index (χ3v) is 5.29. The molecule has 0 N–H and O–H groups in total. The number of aromatic nitrogens is 1. The number of pyridine rings is 1. The highest BCUT2D eigenvalue weighted by Crippen LogP contribution is 2.45. The Bertz CT molecular complexity index is 899. The fourth-order valence-corrected chi connectivity index (χ4v) is 4.00. The van der Waals surface area contributed by atoms with Gasteiger partial charge in [-0.15, -0.1) is 0 Å². The van der Waals surface area contributed by atoms with E-state index in [0.29, 0.717) is 0 Å². The van der Waals surface area contributed by atoms with Crippen LogP contribution in [0.3, 0.4) is 0 Å². The SMILES string of the molecule is CN1C(=Cc2cc[n+](C)c3ccccc23)Sc2ccccc21. The van der Waals surface area contributed by atoms with Crippen LogP contribution in [-0.2, 0) is 7.05 Å². The summed E-state index contributed by atoms with van der Waals surface area (Å²) in [5.41, 5.74) is 3.79. The highest BCUT2D eigenvalue weighted by atomic mass is 32.2. The van der Waals surface area contributed by atoms with Crippen molar-refractivity contribution in [3.05, 3.63) is 71.4 Å². The molecule has 0 aliphatic carbocycles. The summed E-state index contributed by atoms with van der Waals surface area (Å²) >= 11 is 1.83. The van der Waals surface area contributed by atoms with Crippen LogP contribution >= 0.6 is 11.8 Å². The molecular formula is C19H17N2S+. The molecule has 22 heavy (non-hydrogen) atoms. The largest absolute Gasteiger partial charge is 0.338 e. The number of rotatable bonds is 1. The van der Waals surface area contributed by atoms with Crippen molar-refractivity contribution in [2.24, 2.45) is 7.05 Å². The normalized spacial score (nSPS) is 15.5. The Morgan fingerprint density at radius 1 is 1.00 bits per heavy atom. The number of nitrogens with zero attached hydrogens (tertiary/aromatic N) is 2. The fraction of sp³-hybridized carbons (Fsp3) is 0.105. The van der Waals surface area contributed by atoms with Gasteiger partial charge in [-0.3, -0.25) is 0 Å². The third kappa shape index (κ3) is 2.09. The van der Waals surface area contributed by atoms with Crippen LogP contribution in [0.2, 0.25) is 0 Å². The molecule has 3 heteroatoms. The van der Waals surface area contributed by atoms with Crippen LogP contribution in [0.5, 0.6) is 0 Å². The smallest absolute Gasteiger partial charge is 0.212 e. The zero-order valence-electron chi connectivity index (χ0n) is 12.7. The standard InChI is InChI=1S/C19H17N2S/c1-20-12-11-14(15-7-3-4-8-16(15)20)13-19-21(2)17-9-5-6-10-18(17)22-19/h3-13H,1-2H3/q+1. The predicted molar refractivity (Wildman–Crippen MR) is 93.8 cm³/mol. The molecule has 2 aromatic carbocycles. The molecule has 0 saturated carbocycles. The summed E-state index contributed by atoms with van der Waals surface area (Å²) in [4.78, 5) is 3.59. The molecule has 0 amide bonds. The van der Waals surface area contributed by atoms with Crippen molar-refractivity contribution >= 4 is 34.4 Å². The fourth-order valence-electron chi connectivity index (χ4n) is 2.89. The Labute approximate surface area is 134 Å². The maximum atomic E-state index is 2.28. The summed E-state index contributed by atoms with van der Waals surface area (Å²) in [6, 6.07) is 19.3. The number of hydrogen-bond donors (Lipinski definition) is 0. The molecule has 4 rings (SSSR count). The molecule has 0 fully saturated rings. The molecule has 0 unspecified atom stereocenters. The molecule has 2 nitrogen and oxygen atoms in total. The Morgan fingerprint density at radius 2 is 1.77 bits per heavy atom. The lowest BCUT2D eigenvalue weighted by molar-refractivity contribution is -0.644. The summed E-state index contributed by atoms with van der Waals surface area (Å²) in [5, 5.41) is 2.55. The first-order valence-electron chi connectivity index (χ1n) is 7.34. The van der Waals surface area contributed by atoms with Gasteiger partial charge in [0, 0.05) is 24.1 Å². The van der Waals surface area contributed by atoms with E-state index in [-0.39, 0.29) is 0 Å². The third-order valence-electron chi connectivity index (χ3n) is 4.12. The molecule has 1 aliphatic rings. The Hall–Kier alpha value is -2.26. The van der Waals surface area contributed by atoms with Crippen molar-refractivity contribution in [1.29, 1.82) is 0 Å². The van der Waals surface area contributed by atoms with Crippen molar-refractivity contribution in [2.75, 3.05) is 11.9 Å². The first-order valence-corrected chi connectivity index (χ1v) is 8.15.